The van der Waals surface area contributed by atoms with Gasteiger partial charge in [-0.2, -0.15) is 34.0 Å². The van der Waals surface area contributed by atoms with Crippen LogP contribution in [0.4, 0.5) is 0 Å². The Kier molecular flexibility index (Phi) is 7.46. The first-order valence-electron chi connectivity index (χ1n) is 14.1. The van der Waals surface area contributed by atoms with E-state index in [1.165, 1.54) is 57.6 Å². The second-order valence-corrected chi connectivity index (χ2v) is 16.9. The molecule has 0 saturated carbocycles. The fourth-order valence-electron chi connectivity index (χ4n) is 7.77. The first-order chi connectivity index (χ1) is 17.3. The van der Waals surface area contributed by atoms with Gasteiger partial charge < -0.3 is 9.62 Å². The monoisotopic (exact) mass is 550 g/mol. The number of hydrogen-bond donors (Lipinski definition) is 0. The molecule has 5 rings (SSSR count). The van der Waals surface area contributed by atoms with Gasteiger partial charge in [0.05, 0.1) is 0 Å². The first-order valence-corrected chi connectivity index (χ1v) is 16.7. The molecule has 0 radical (unpaired) electrons. The molecule has 2 aliphatic rings. The Labute approximate surface area is 238 Å². The highest BCUT2D eigenvalue weighted by molar-refractivity contribution is 7.38. The lowest BCUT2D eigenvalue weighted by Crippen LogP contribution is -2.71. The molecule has 0 N–H and O–H groups in total. The fourth-order valence-corrected chi connectivity index (χ4v) is 10.8. The van der Waals surface area contributed by atoms with Gasteiger partial charge in [-0.1, -0.05) is 36.4 Å². The molecule has 2 saturated heterocycles. The minimum absolute atomic E-state index is 0.157. The summed E-state index contributed by atoms with van der Waals surface area (Å²) in [4.78, 5) is 5.72. The molecule has 2 aliphatic heterocycles. The molecule has 0 amide bonds. The normalized spacial score (nSPS) is 23.1. The summed E-state index contributed by atoms with van der Waals surface area (Å²) in [6.45, 7) is 20.4. The molecule has 5 heterocycles. The van der Waals surface area contributed by atoms with Gasteiger partial charge in [0, 0.05) is 22.2 Å². The van der Waals surface area contributed by atoms with Crippen LogP contribution >= 0.6 is 34.0 Å². The topological polar surface area (TPSA) is 6.48 Å². The van der Waals surface area contributed by atoms with Crippen molar-refractivity contribution < 1.29 is 0 Å². The van der Waals surface area contributed by atoms with Gasteiger partial charge in [0.1, 0.15) is 0 Å². The second-order valence-electron chi connectivity index (χ2n) is 13.8. The summed E-state index contributed by atoms with van der Waals surface area (Å²) in [6.07, 6.45) is 7.63. The van der Waals surface area contributed by atoms with Crippen LogP contribution in [-0.4, -0.2) is 45.5 Å². The molecule has 0 atom stereocenters. The lowest BCUT2D eigenvalue weighted by atomic mass is 9.51. The van der Waals surface area contributed by atoms with E-state index in [0.29, 0.717) is 13.7 Å². The van der Waals surface area contributed by atoms with Crippen LogP contribution in [0.2, 0.25) is 0 Å². The lowest BCUT2D eigenvalue weighted by molar-refractivity contribution is 0.0519. The van der Waals surface area contributed by atoms with E-state index in [2.05, 4.69) is 124 Å². The average Bonchev–Trinajstić information content (AvgIpc) is 3.56. The summed E-state index contributed by atoms with van der Waals surface area (Å²) in [6, 6.07) is 14.1. The predicted octanol–water partition coefficient (Wildman–Crippen LogP) is 6.17. The number of hydrogen-bond acceptors (Lipinski definition) is 5. The van der Waals surface area contributed by atoms with Gasteiger partial charge in [0.25, 0.3) is 0 Å². The Morgan fingerprint density at radius 1 is 0.541 bits per heavy atom. The van der Waals surface area contributed by atoms with Gasteiger partial charge in [-0.3, -0.25) is 0 Å². The minimum Gasteiger partial charge on any atom is -0.323 e. The SMILES string of the molecule is CC1(C)CCCC(C)(C)N1B(c1cccs1)c1ccc(B(c2cccs2)N2C(C)(C)CCCC2(C)C)s1. The Morgan fingerprint density at radius 3 is 1.19 bits per heavy atom. The van der Waals surface area contributed by atoms with E-state index >= 15 is 0 Å². The molecule has 7 heteroatoms. The molecule has 0 aromatic carbocycles. The lowest BCUT2D eigenvalue weighted by Gasteiger charge is -2.56. The largest absolute Gasteiger partial charge is 0.323 e. The highest BCUT2D eigenvalue weighted by Gasteiger charge is 2.50. The predicted molar refractivity (Wildman–Crippen MR) is 171 cm³/mol. The Balaban J connectivity index is 1.63. The highest BCUT2D eigenvalue weighted by atomic mass is 32.1. The molecule has 3 aromatic heterocycles. The van der Waals surface area contributed by atoms with Crippen LogP contribution in [0.3, 0.4) is 0 Å². The van der Waals surface area contributed by atoms with E-state index < -0.39 is 0 Å². The summed E-state index contributed by atoms with van der Waals surface area (Å²) >= 11 is 5.91. The smallest absolute Gasteiger partial charge is 0.314 e. The number of piperidine rings is 2. The molecular formula is C30H44B2N2S3. The molecule has 2 fully saturated rings. The maximum absolute atomic E-state index is 2.86. The van der Waals surface area contributed by atoms with Crippen molar-refractivity contribution in [2.45, 2.75) is 116 Å². The van der Waals surface area contributed by atoms with Crippen molar-refractivity contribution in [3.05, 3.63) is 47.2 Å². The highest BCUT2D eigenvalue weighted by Crippen LogP contribution is 2.41. The van der Waals surface area contributed by atoms with Crippen LogP contribution in [0.25, 0.3) is 0 Å². The van der Waals surface area contributed by atoms with Crippen molar-refractivity contribution in [1.82, 2.24) is 9.62 Å². The summed E-state index contributed by atoms with van der Waals surface area (Å²) in [5.74, 6) is 0. The van der Waals surface area contributed by atoms with Gasteiger partial charge in [-0.15, -0.1) is 0 Å². The zero-order chi connectivity index (χ0) is 26.6. The van der Waals surface area contributed by atoms with Crippen molar-refractivity contribution in [2.75, 3.05) is 0 Å². The van der Waals surface area contributed by atoms with Crippen LogP contribution in [0.5, 0.6) is 0 Å². The Hall–Kier alpha value is -0.850. The first kappa shape index (κ1) is 27.7. The van der Waals surface area contributed by atoms with Gasteiger partial charge in [-0.25, -0.2) is 0 Å². The second kappa shape index (κ2) is 9.96. The third-order valence-electron chi connectivity index (χ3n) is 9.09. The van der Waals surface area contributed by atoms with Crippen molar-refractivity contribution >= 4 is 66.8 Å². The van der Waals surface area contributed by atoms with E-state index in [1.807, 2.05) is 22.7 Å². The molecule has 0 aliphatic carbocycles. The quantitative estimate of drug-likeness (QED) is 0.339. The summed E-state index contributed by atoms with van der Waals surface area (Å²) in [5, 5.41) is 4.52. The summed E-state index contributed by atoms with van der Waals surface area (Å²) in [5.41, 5.74) is 0.629. The van der Waals surface area contributed by atoms with E-state index in [4.69, 9.17) is 0 Å². The summed E-state index contributed by atoms with van der Waals surface area (Å²) in [7, 11) is 0. The van der Waals surface area contributed by atoms with E-state index in [0.717, 1.165) is 0 Å². The van der Waals surface area contributed by atoms with E-state index in [9.17, 15) is 0 Å². The minimum atomic E-state index is 0.157. The summed E-state index contributed by atoms with van der Waals surface area (Å²) < 4.78 is 5.94. The number of nitrogens with zero attached hydrogens (tertiary/aromatic N) is 2. The van der Waals surface area contributed by atoms with Crippen LogP contribution in [-0.2, 0) is 0 Å². The van der Waals surface area contributed by atoms with Crippen LogP contribution < -0.4 is 19.1 Å². The number of rotatable bonds is 6. The van der Waals surface area contributed by atoms with Gasteiger partial charge in [0.15, 0.2) is 0 Å². The molecular weight excluding hydrogens is 506 g/mol. The molecule has 0 bridgehead atoms. The third-order valence-corrected chi connectivity index (χ3v) is 12.1. The average molecular weight is 551 g/mol. The van der Waals surface area contributed by atoms with Crippen molar-refractivity contribution in [2.24, 2.45) is 0 Å². The zero-order valence-corrected chi connectivity index (χ0v) is 26.6. The molecule has 0 unspecified atom stereocenters. The van der Waals surface area contributed by atoms with E-state index in [-0.39, 0.29) is 22.2 Å². The Morgan fingerprint density at radius 2 is 0.892 bits per heavy atom. The maximum atomic E-state index is 2.86. The van der Waals surface area contributed by atoms with Gasteiger partial charge in [0.2, 0.25) is 0 Å². The molecule has 198 valence electrons. The van der Waals surface area contributed by atoms with Crippen LogP contribution in [0.15, 0.2) is 47.2 Å². The number of thiophene rings is 3. The van der Waals surface area contributed by atoms with Crippen LogP contribution in [0.1, 0.15) is 93.9 Å². The van der Waals surface area contributed by atoms with Gasteiger partial charge >= 0.3 is 13.7 Å². The molecule has 3 aromatic rings. The van der Waals surface area contributed by atoms with Gasteiger partial charge in [-0.05, 0) is 124 Å². The van der Waals surface area contributed by atoms with Crippen molar-refractivity contribution in [3.63, 3.8) is 0 Å². The molecule has 2 nitrogen and oxygen atoms in total. The molecule has 0 spiro atoms. The Bertz CT molecular complexity index is 1050. The van der Waals surface area contributed by atoms with Crippen molar-refractivity contribution in [3.8, 4) is 0 Å². The van der Waals surface area contributed by atoms with E-state index in [1.54, 1.807) is 0 Å². The van der Waals surface area contributed by atoms with Crippen molar-refractivity contribution in [1.29, 1.82) is 0 Å². The zero-order valence-electron chi connectivity index (χ0n) is 24.1. The standard InChI is InChI=1S/C30H44B2N2S3/c1-27(2)17-11-18-28(3,4)33(27)31(23-13-9-21-35-23)25-15-16-26(37-25)32(24-14-10-22-36-24)34-29(5,6)19-12-20-30(34,7)8/h9-10,13-16,21-22H,11-12,17-20H2,1-8H3. The molecule has 37 heavy (non-hydrogen) atoms. The maximum Gasteiger partial charge on any atom is 0.314 e. The fraction of sp³-hybridized carbons (Fsp3) is 0.600. The van der Waals surface area contributed by atoms with Crippen LogP contribution in [0, 0.1) is 0 Å². The third kappa shape index (κ3) is 5.20.